The topological polar surface area (TPSA) is 74.7 Å². The number of nitrogens with one attached hydrogen (secondary N) is 2. The van der Waals surface area contributed by atoms with Crippen molar-refractivity contribution in [2.75, 3.05) is 27.0 Å². The number of aryl methyl sites for hydroxylation is 1. The Labute approximate surface area is 194 Å². The van der Waals surface area contributed by atoms with Crippen LogP contribution in [0.5, 0.6) is 5.75 Å². The molecular weight excluding hydrogens is 421 g/mol. The molecule has 1 unspecified atom stereocenters. The van der Waals surface area contributed by atoms with Gasteiger partial charge in [-0.3, -0.25) is 4.79 Å². The maximum absolute atomic E-state index is 15.2. The number of carbonyl (C=O) groups excluding carboxylic acids is 1. The lowest BCUT2D eigenvalue weighted by Crippen LogP contribution is -2.42. The standard InChI is InChI=1S/C26H32FN3O3/c1-18-13-22(14-20-6-8-21(9-7-20)24(28)10-11-29-3)19(2)25(27)26(18)33-17-30(16-31)23-5-4-12-32-15-23/h6-11,13,16,23,28-29H,4-5,12,14-15,17H2,1-3H3/b11-10-,28-24?. The summed E-state index contributed by atoms with van der Waals surface area (Å²) >= 11 is 0. The van der Waals surface area contributed by atoms with Gasteiger partial charge in [-0.1, -0.05) is 30.3 Å². The van der Waals surface area contributed by atoms with E-state index in [2.05, 4.69) is 5.32 Å². The fourth-order valence-electron chi connectivity index (χ4n) is 3.91. The molecule has 1 amide bonds. The van der Waals surface area contributed by atoms with Gasteiger partial charge in [-0.15, -0.1) is 0 Å². The van der Waals surface area contributed by atoms with E-state index < -0.39 is 5.82 Å². The molecule has 2 N–H and O–H groups in total. The smallest absolute Gasteiger partial charge is 0.212 e. The second-order valence-electron chi connectivity index (χ2n) is 8.29. The third kappa shape index (κ3) is 6.20. The number of halogens is 1. The molecule has 1 aliphatic heterocycles. The van der Waals surface area contributed by atoms with Crippen LogP contribution in [0.3, 0.4) is 0 Å². The molecule has 176 valence electrons. The zero-order valence-electron chi connectivity index (χ0n) is 19.5. The number of carbonyl (C=O) groups is 1. The van der Waals surface area contributed by atoms with Crippen molar-refractivity contribution in [3.05, 3.63) is 76.2 Å². The molecular formula is C26H32FN3O3. The number of amides is 1. The molecule has 0 radical (unpaired) electrons. The van der Waals surface area contributed by atoms with Crippen LogP contribution in [0.1, 0.15) is 40.7 Å². The van der Waals surface area contributed by atoms with Crippen molar-refractivity contribution in [1.29, 1.82) is 5.41 Å². The molecule has 7 heteroatoms. The predicted molar refractivity (Wildman–Crippen MR) is 127 cm³/mol. The number of benzene rings is 2. The fourth-order valence-corrected chi connectivity index (χ4v) is 3.91. The van der Waals surface area contributed by atoms with Crippen LogP contribution in [-0.4, -0.2) is 50.1 Å². The maximum Gasteiger partial charge on any atom is 0.212 e. The third-order valence-electron chi connectivity index (χ3n) is 5.93. The molecule has 1 atom stereocenters. The minimum Gasteiger partial charge on any atom is -0.470 e. The van der Waals surface area contributed by atoms with E-state index in [9.17, 15) is 4.79 Å². The predicted octanol–water partition coefficient (Wildman–Crippen LogP) is 4.11. The highest BCUT2D eigenvalue weighted by Gasteiger charge is 2.22. The van der Waals surface area contributed by atoms with E-state index >= 15 is 4.39 Å². The van der Waals surface area contributed by atoms with E-state index in [0.717, 1.165) is 35.9 Å². The van der Waals surface area contributed by atoms with Crippen LogP contribution >= 0.6 is 0 Å². The highest BCUT2D eigenvalue weighted by Crippen LogP contribution is 2.30. The Bertz CT molecular complexity index is 999. The first-order valence-corrected chi connectivity index (χ1v) is 11.2. The summed E-state index contributed by atoms with van der Waals surface area (Å²) in [7, 11) is 1.79. The van der Waals surface area contributed by atoms with Gasteiger partial charge in [0.1, 0.15) is 0 Å². The molecule has 1 aliphatic rings. The molecule has 0 bridgehead atoms. The van der Waals surface area contributed by atoms with Crippen LogP contribution in [0.25, 0.3) is 0 Å². The Balaban J connectivity index is 1.70. The summed E-state index contributed by atoms with van der Waals surface area (Å²) in [5.41, 5.74) is 4.36. The average molecular weight is 454 g/mol. The molecule has 1 saturated heterocycles. The molecule has 0 aliphatic carbocycles. The maximum atomic E-state index is 15.2. The van der Waals surface area contributed by atoms with Crippen molar-refractivity contribution in [2.24, 2.45) is 0 Å². The number of hydrogen-bond donors (Lipinski definition) is 2. The summed E-state index contributed by atoms with van der Waals surface area (Å²) in [5.74, 6) is -0.216. The quantitative estimate of drug-likeness (QED) is 0.323. The molecule has 0 aromatic heterocycles. The zero-order valence-corrected chi connectivity index (χ0v) is 19.5. The summed E-state index contributed by atoms with van der Waals surface area (Å²) in [5, 5.41) is 10.9. The van der Waals surface area contributed by atoms with Crippen LogP contribution in [0, 0.1) is 25.1 Å². The van der Waals surface area contributed by atoms with Gasteiger partial charge in [0.15, 0.2) is 18.3 Å². The second kappa shape index (κ2) is 11.6. The van der Waals surface area contributed by atoms with Crippen molar-refractivity contribution in [3.8, 4) is 5.75 Å². The number of hydrogen-bond acceptors (Lipinski definition) is 5. The first kappa shape index (κ1) is 24.5. The van der Waals surface area contributed by atoms with E-state index in [0.29, 0.717) is 36.5 Å². The molecule has 6 nitrogen and oxygen atoms in total. The average Bonchev–Trinajstić information content (AvgIpc) is 2.84. The van der Waals surface area contributed by atoms with Gasteiger partial charge in [0, 0.05) is 13.7 Å². The summed E-state index contributed by atoms with van der Waals surface area (Å²) < 4.78 is 26.4. The minimum absolute atomic E-state index is 0.0104. The number of nitrogens with zero attached hydrogens (tertiary/aromatic N) is 1. The number of ether oxygens (including phenoxy) is 2. The zero-order chi connectivity index (χ0) is 23.8. The Hall–Kier alpha value is -3.19. The van der Waals surface area contributed by atoms with E-state index in [4.69, 9.17) is 14.9 Å². The Kier molecular flexibility index (Phi) is 8.60. The fraction of sp³-hybridized carbons (Fsp3) is 0.385. The van der Waals surface area contributed by atoms with E-state index in [1.807, 2.05) is 37.3 Å². The second-order valence-corrected chi connectivity index (χ2v) is 8.29. The van der Waals surface area contributed by atoms with Gasteiger partial charge in [0.2, 0.25) is 6.41 Å². The Morgan fingerprint density at radius 3 is 2.73 bits per heavy atom. The van der Waals surface area contributed by atoms with Gasteiger partial charge in [-0.25, -0.2) is 4.39 Å². The molecule has 3 rings (SSSR count). The lowest BCUT2D eigenvalue weighted by Gasteiger charge is -2.31. The van der Waals surface area contributed by atoms with Crippen molar-refractivity contribution in [3.63, 3.8) is 0 Å². The first-order chi connectivity index (χ1) is 15.9. The highest BCUT2D eigenvalue weighted by molar-refractivity contribution is 6.06. The highest BCUT2D eigenvalue weighted by atomic mass is 19.1. The normalized spacial score (nSPS) is 15.9. The van der Waals surface area contributed by atoms with Crippen LogP contribution in [-0.2, 0) is 16.0 Å². The van der Waals surface area contributed by atoms with Crippen molar-refractivity contribution < 1.29 is 18.7 Å². The van der Waals surface area contributed by atoms with E-state index in [1.165, 1.54) is 4.90 Å². The van der Waals surface area contributed by atoms with Crippen LogP contribution in [0.2, 0.25) is 0 Å². The summed E-state index contributed by atoms with van der Waals surface area (Å²) in [6.45, 7) is 4.73. The minimum atomic E-state index is -0.397. The lowest BCUT2D eigenvalue weighted by atomic mass is 9.96. The molecule has 2 aromatic carbocycles. The first-order valence-electron chi connectivity index (χ1n) is 11.2. The number of allylic oxidation sites excluding steroid dienone is 1. The molecule has 0 saturated carbocycles. The van der Waals surface area contributed by atoms with E-state index in [-0.39, 0.29) is 18.5 Å². The van der Waals surface area contributed by atoms with Gasteiger partial charge in [0.25, 0.3) is 0 Å². The molecule has 2 aromatic rings. The molecule has 1 heterocycles. The van der Waals surface area contributed by atoms with Gasteiger partial charge in [-0.2, -0.15) is 0 Å². The Morgan fingerprint density at radius 1 is 1.33 bits per heavy atom. The van der Waals surface area contributed by atoms with Crippen LogP contribution < -0.4 is 10.1 Å². The number of rotatable bonds is 10. The van der Waals surface area contributed by atoms with Gasteiger partial charge >= 0.3 is 0 Å². The largest absolute Gasteiger partial charge is 0.470 e. The summed E-state index contributed by atoms with van der Waals surface area (Å²) in [6, 6.07) is 9.62. The van der Waals surface area contributed by atoms with E-state index in [1.54, 1.807) is 26.2 Å². The van der Waals surface area contributed by atoms with Crippen LogP contribution in [0.4, 0.5) is 4.39 Å². The van der Waals surface area contributed by atoms with Crippen molar-refractivity contribution in [2.45, 2.75) is 39.2 Å². The third-order valence-corrected chi connectivity index (χ3v) is 5.93. The monoisotopic (exact) mass is 453 g/mol. The SMILES string of the molecule is CN/C=C\C(=N)c1ccc(Cc2cc(C)c(OCN(C=O)C3CCCOC3)c(F)c2C)cc1. The van der Waals surface area contributed by atoms with Gasteiger partial charge in [-0.05, 0) is 73.2 Å². The summed E-state index contributed by atoms with van der Waals surface area (Å²) in [4.78, 5) is 13.0. The van der Waals surface area contributed by atoms with Crippen molar-refractivity contribution >= 4 is 12.1 Å². The molecule has 33 heavy (non-hydrogen) atoms. The lowest BCUT2D eigenvalue weighted by molar-refractivity contribution is -0.126. The van der Waals surface area contributed by atoms with Gasteiger partial charge in [0.05, 0.1) is 18.4 Å². The van der Waals surface area contributed by atoms with Crippen LogP contribution in [0.15, 0.2) is 42.6 Å². The van der Waals surface area contributed by atoms with Gasteiger partial charge < -0.3 is 25.1 Å². The molecule has 0 spiro atoms. The Morgan fingerprint density at radius 2 is 2.09 bits per heavy atom. The van der Waals surface area contributed by atoms with Crippen molar-refractivity contribution in [1.82, 2.24) is 10.2 Å². The summed E-state index contributed by atoms with van der Waals surface area (Å²) in [6.07, 6.45) is 6.47. The molecule has 1 fully saturated rings.